The van der Waals surface area contributed by atoms with Gasteiger partial charge < -0.3 is 11.1 Å². The Hall–Kier alpha value is -1.32. The van der Waals surface area contributed by atoms with Gasteiger partial charge >= 0.3 is 0 Å². The lowest BCUT2D eigenvalue weighted by Gasteiger charge is -2.25. The molecule has 4 heteroatoms. The maximum atomic E-state index is 5.53. The molecule has 0 bridgehead atoms. The smallest absolute Gasteiger partial charge is 0.221 e. The molecule has 4 nitrogen and oxygen atoms in total. The normalized spacial score (nSPS) is 16.1. The van der Waals surface area contributed by atoms with Crippen molar-refractivity contribution in [2.24, 2.45) is 5.92 Å². The van der Waals surface area contributed by atoms with Gasteiger partial charge in [-0.05, 0) is 19.3 Å². The highest BCUT2D eigenvalue weighted by atomic mass is 15.1. The molecule has 0 amide bonds. The number of nitrogens with two attached hydrogens (primary N) is 1. The minimum Gasteiger partial charge on any atom is -0.370 e. The molecular formula is C11H18N4. The molecule has 2 rings (SSSR count). The van der Waals surface area contributed by atoms with Crippen LogP contribution in [0.5, 0.6) is 0 Å². The Labute approximate surface area is 90.3 Å². The molecule has 0 saturated heterocycles. The van der Waals surface area contributed by atoms with Gasteiger partial charge in [0.25, 0.3) is 0 Å². The third-order valence-corrected chi connectivity index (χ3v) is 3.06. The van der Waals surface area contributed by atoms with Gasteiger partial charge in [-0.25, -0.2) is 4.98 Å². The summed E-state index contributed by atoms with van der Waals surface area (Å²) in [5.41, 5.74) is 6.59. The van der Waals surface area contributed by atoms with Crippen molar-refractivity contribution in [3.63, 3.8) is 0 Å². The van der Waals surface area contributed by atoms with Crippen LogP contribution in [0.3, 0.4) is 0 Å². The number of nitrogens with zero attached hydrogens (tertiary/aromatic N) is 2. The zero-order valence-corrected chi connectivity index (χ0v) is 9.16. The van der Waals surface area contributed by atoms with Crippen LogP contribution in [0.15, 0.2) is 6.20 Å². The third kappa shape index (κ3) is 2.58. The van der Waals surface area contributed by atoms with E-state index in [1.165, 1.54) is 25.7 Å². The molecule has 1 aromatic rings. The summed E-state index contributed by atoms with van der Waals surface area (Å²) < 4.78 is 0. The molecule has 1 fully saturated rings. The Morgan fingerprint density at radius 3 is 3.00 bits per heavy atom. The van der Waals surface area contributed by atoms with E-state index in [-0.39, 0.29) is 0 Å². The number of hydrogen-bond acceptors (Lipinski definition) is 4. The number of aryl methyl sites for hydroxylation is 1. The van der Waals surface area contributed by atoms with E-state index < -0.39 is 0 Å². The minimum atomic E-state index is 0.340. The van der Waals surface area contributed by atoms with Gasteiger partial charge in [-0.3, -0.25) is 0 Å². The second-order valence-corrected chi connectivity index (χ2v) is 4.27. The first kappa shape index (κ1) is 10.2. The van der Waals surface area contributed by atoms with E-state index in [0.29, 0.717) is 5.95 Å². The van der Waals surface area contributed by atoms with Crippen molar-refractivity contribution in [2.75, 3.05) is 17.6 Å². The molecule has 0 spiro atoms. The minimum absolute atomic E-state index is 0.340. The third-order valence-electron chi connectivity index (χ3n) is 3.06. The molecule has 82 valence electrons. The summed E-state index contributed by atoms with van der Waals surface area (Å²) in [5, 5.41) is 3.32. The SMILES string of the molecule is Cc1cnc(N)nc1NCCC1CCC1. The topological polar surface area (TPSA) is 63.8 Å². The molecule has 1 aliphatic rings. The number of nitrogens with one attached hydrogen (secondary N) is 1. The van der Waals surface area contributed by atoms with Gasteiger partial charge in [-0.15, -0.1) is 0 Å². The first-order valence-corrected chi connectivity index (χ1v) is 5.58. The number of nitrogen functional groups attached to an aromatic ring is 1. The zero-order chi connectivity index (χ0) is 10.7. The first-order chi connectivity index (χ1) is 7.25. The van der Waals surface area contributed by atoms with E-state index in [4.69, 9.17) is 5.73 Å². The molecule has 0 aliphatic heterocycles. The lowest BCUT2D eigenvalue weighted by atomic mass is 9.83. The standard InChI is InChI=1S/C11H18N4/c1-8-7-14-11(12)15-10(8)13-6-5-9-3-2-4-9/h7,9H,2-6H2,1H3,(H3,12,13,14,15). The predicted molar refractivity (Wildman–Crippen MR) is 61.6 cm³/mol. The number of hydrogen-bond donors (Lipinski definition) is 2. The highest BCUT2D eigenvalue weighted by Crippen LogP contribution is 2.29. The van der Waals surface area contributed by atoms with Crippen molar-refractivity contribution in [3.05, 3.63) is 11.8 Å². The van der Waals surface area contributed by atoms with Crippen LogP contribution in [0.25, 0.3) is 0 Å². The largest absolute Gasteiger partial charge is 0.370 e. The molecule has 1 aliphatic carbocycles. The van der Waals surface area contributed by atoms with Crippen LogP contribution in [-0.2, 0) is 0 Å². The van der Waals surface area contributed by atoms with Crippen molar-refractivity contribution >= 4 is 11.8 Å². The quantitative estimate of drug-likeness (QED) is 0.790. The summed E-state index contributed by atoms with van der Waals surface area (Å²) in [6.45, 7) is 2.98. The fraction of sp³-hybridized carbons (Fsp3) is 0.636. The molecule has 15 heavy (non-hydrogen) atoms. The van der Waals surface area contributed by atoms with Gasteiger partial charge in [0, 0.05) is 18.3 Å². The predicted octanol–water partition coefficient (Wildman–Crippen LogP) is 1.97. The van der Waals surface area contributed by atoms with E-state index in [9.17, 15) is 0 Å². The van der Waals surface area contributed by atoms with Crippen LogP contribution in [-0.4, -0.2) is 16.5 Å². The average molecular weight is 206 g/mol. The Kier molecular flexibility index (Phi) is 3.04. The van der Waals surface area contributed by atoms with E-state index in [1.54, 1.807) is 6.20 Å². The Morgan fingerprint density at radius 1 is 1.53 bits per heavy atom. The molecule has 0 aromatic carbocycles. The summed E-state index contributed by atoms with van der Waals surface area (Å²) >= 11 is 0. The lowest BCUT2D eigenvalue weighted by Crippen LogP contribution is -2.16. The fourth-order valence-corrected chi connectivity index (χ4v) is 1.81. The van der Waals surface area contributed by atoms with Gasteiger partial charge in [-0.1, -0.05) is 19.3 Å². The first-order valence-electron chi connectivity index (χ1n) is 5.58. The average Bonchev–Trinajstić information content (AvgIpc) is 2.15. The molecule has 1 saturated carbocycles. The summed E-state index contributed by atoms with van der Waals surface area (Å²) in [5.74, 6) is 2.14. The Bertz CT molecular complexity index is 333. The molecule has 0 unspecified atom stereocenters. The van der Waals surface area contributed by atoms with E-state index in [0.717, 1.165) is 23.8 Å². The summed E-state index contributed by atoms with van der Waals surface area (Å²) in [6, 6.07) is 0. The lowest BCUT2D eigenvalue weighted by molar-refractivity contribution is 0.303. The number of rotatable bonds is 4. The van der Waals surface area contributed by atoms with Crippen molar-refractivity contribution in [2.45, 2.75) is 32.6 Å². The van der Waals surface area contributed by atoms with Crippen LogP contribution >= 0.6 is 0 Å². The van der Waals surface area contributed by atoms with Gasteiger partial charge in [0.1, 0.15) is 5.82 Å². The van der Waals surface area contributed by atoms with Crippen LogP contribution in [0, 0.1) is 12.8 Å². The van der Waals surface area contributed by atoms with Gasteiger partial charge in [0.05, 0.1) is 0 Å². The summed E-state index contributed by atoms with van der Waals surface area (Å²) in [7, 11) is 0. The maximum Gasteiger partial charge on any atom is 0.221 e. The van der Waals surface area contributed by atoms with Crippen LogP contribution in [0.2, 0.25) is 0 Å². The highest BCUT2D eigenvalue weighted by molar-refractivity contribution is 5.44. The molecule has 0 radical (unpaired) electrons. The Balaban J connectivity index is 1.83. The summed E-state index contributed by atoms with van der Waals surface area (Å²) in [4.78, 5) is 8.11. The van der Waals surface area contributed by atoms with Crippen LogP contribution in [0.1, 0.15) is 31.2 Å². The zero-order valence-electron chi connectivity index (χ0n) is 9.16. The van der Waals surface area contributed by atoms with E-state index in [1.807, 2.05) is 6.92 Å². The van der Waals surface area contributed by atoms with Crippen molar-refractivity contribution in [1.29, 1.82) is 0 Å². The van der Waals surface area contributed by atoms with Crippen molar-refractivity contribution in [3.8, 4) is 0 Å². The molecule has 1 heterocycles. The van der Waals surface area contributed by atoms with Gasteiger partial charge in [-0.2, -0.15) is 4.98 Å². The van der Waals surface area contributed by atoms with Crippen LogP contribution < -0.4 is 11.1 Å². The highest BCUT2D eigenvalue weighted by Gasteiger charge is 2.16. The van der Waals surface area contributed by atoms with E-state index >= 15 is 0 Å². The number of aromatic nitrogens is 2. The van der Waals surface area contributed by atoms with Crippen LogP contribution in [0.4, 0.5) is 11.8 Å². The number of anilines is 2. The monoisotopic (exact) mass is 206 g/mol. The molecule has 3 N–H and O–H groups in total. The maximum absolute atomic E-state index is 5.53. The Morgan fingerprint density at radius 2 is 2.33 bits per heavy atom. The molecular weight excluding hydrogens is 188 g/mol. The molecule has 0 atom stereocenters. The van der Waals surface area contributed by atoms with Crippen molar-refractivity contribution in [1.82, 2.24) is 9.97 Å². The van der Waals surface area contributed by atoms with Crippen molar-refractivity contribution < 1.29 is 0 Å². The van der Waals surface area contributed by atoms with Gasteiger partial charge in [0.15, 0.2) is 0 Å². The second-order valence-electron chi connectivity index (χ2n) is 4.27. The summed E-state index contributed by atoms with van der Waals surface area (Å²) in [6.07, 6.45) is 7.20. The van der Waals surface area contributed by atoms with Gasteiger partial charge in [0.2, 0.25) is 5.95 Å². The van der Waals surface area contributed by atoms with E-state index in [2.05, 4.69) is 15.3 Å². The molecule has 1 aromatic heterocycles. The fourth-order valence-electron chi connectivity index (χ4n) is 1.81. The second kappa shape index (κ2) is 4.47.